The summed E-state index contributed by atoms with van der Waals surface area (Å²) in [5.41, 5.74) is 3.10. The van der Waals surface area contributed by atoms with E-state index in [1.54, 1.807) is 14.2 Å². The van der Waals surface area contributed by atoms with Gasteiger partial charge in [-0.05, 0) is 69.7 Å². The predicted octanol–water partition coefficient (Wildman–Crippen LogP) is 4.51. The van der Waals surface area contributed by atoms with Crippen molar-refractivity contribution in [3.8, 4) is 17.2 Å². The Morgan fingerprint density at radius 2 is 1.86 bits per heavy atom. The van der Waals surface area contributed by atoms with Crippen molar-refractivity contribution in [1.82, 2.24) is 5.32 Å². The Morgan fingerprint density at radius 3 is 2.54 bits per heavy atom. The van der Waals surface area contributed by atoms with Gasteiger partial charge in [0.15, 0.2) is 0 Å². The number of amides is 1. The summed E-state index contributed by atoms with van der Waals surface area (Å²) in [6.45, 7) is 6.49. The van der Waals surface area contributed by atoms with Crippen LogP contribution in [0.25, 0.3) is 11.0 Å². The normalized spacial score (nSPS) is 14.2. The van der Waals surface area contributed by atoms with Crippen molar-refractivity contribution in [3.05, 3.63) is 63.0 Å². The minimum Gasteiger partial charge on any atom is -0.497 e. The van der Waals surface area contributed by atoms with Crippen LogP contribution in [0.15, 0.2) is 39.5 Å². The number of ether oxygens (including phenoxy) is 3. The number of carbonyl (C=O) groups excluding carboxylic acids is 1. The van der Waals surface area contributed by atoms with E-state index in [1.165, 1.54) is 0 Å². The molecule has 7 heteroatoms. The van der Waals surface area contributed by atoms with Gasteiger partial charge in [-0.1, -0.05) is 12.1 Å². The van der Waals surface area contributed by atoms with Crippen LogP contribution in [0.5, 0.6) is 17.2 Å². The second kappa shape index (κ2) is 10.0. The van der Waals surface area contributed by atoms with Crippen LogP contribution in [-0.2, 0) is 24.1 Å². The molecule has 0 bridgehead atoms. The molecule has 2 aromatic carbocycles. The summed E-state index contributed by atoms with van der Waals surface area (Å²) >= 11 is 0. The molecule has 3 aromatic rings. The Morgan fingerprint density at radius 1 is 1.11 bits per heavy atom. The highest BCUT2D eigenvalue weighted by Crippen LogP contribution is 2.43. The van der Waals surface area contributed by atoms with Gasteiger partial charge in [0.1, 0.15) is 28.4 Å². The third-order valence-electron chi connectivity index (χ3n) is 6.66. The summed E-state index contributed by atoms with van der Waals surface area (Å²) in [4.78, 5) is 25.4. The van der Waals surface area contributed by atoms with Gasteiger partial charge in [-0.2, -0.15) is 0 Å². The summed E-state index contributed by atoms with van der Waals surface area (Å²) in [7, 11) is 3.22. The van der Waals surface area contributed by atoms with Gasteiger partial charge in [0, 0.05) is 30.2 Å². The van der Waals surface area contributed by atoms with Crippen LogP contribution >= 0.6 is 0 Å². The zero-order valence-electron chi connectivity index (χ0n) is 21.1. The number of aryl methyl sites for hydroxylation is 2. The van der Waals surface area contributed by atoms with E-state index < -0.39 is 5.63 Å². The lowest BCUT2D eigenvalue weighted by Crippen LogP contribution is -2.32. The van der Waals surface area contributed by atoms with E-state index in [0.29, 0.717) is 42.0 Å². The molecule has 1 aromatic heterocycles. The highest BCUT2D eigenvalue weighted by Gasteiger charge is 2.31. The van der Waals surface area contributed by atoms with Gasteiger partial charge < -0.3 is 23.9 Å². The number of methoxy groups -OCH3 is 2. The number of hydrogen-bond donors (Lipinski definition) is 1. The standard InChI is InChI=1S/C28H33NO6/c1-17-20(10-11-24(30)29-15-13-18-6-8-19(32-4)9-7-18)27(31)34-26-21-12-14-28(2,3)35-22(21)16-23(33-5)25(17)26/h6-9,16H,10-15H2,1-5H3,(H,29,30). The summed E-state index contributed by atoms with van der Waals surface area (Å²) in [6.07, 6.45) is 2.78. The molecule has 0 fully saturated rings. The van der Waals surface area contributed by atoms with Crippen molar-refractivity contribution in [2.24, 2.45) is 0 Å². The van der Waals surface area contributed by atoms with E-state index in [-0.39, 0.29) is 17.9 Å². The molecule has 0 saturated heterocycles. The molecule has 4 rings (SSSR count). The van der Waals surface area contributed by atoms with Crippen LogP contribution in [0, 0.1) is 6.92 Å². The van der Waals surface area contributed by atoms with Crippen molar-refractivity contribution in [3.63, 3.8) is 0 Å². The second-order valence-electron chi connectivity index (χ2n) is 9.56. The number of nitrogens with one attached hydrogen (secondary N) is 1. The molecule has 0 atom stereocenters. The first-order valence-corrected chi connectivity index (χ1v) is 12.0. The Kier molecular flexibility index (Phi) is 7.05. The van der Waals surface area contributed by atoms with Gasteiger partial charge >= 0.3 is 5.63 Å². The number of rotatable bonds is 8. The van der Waals surface area contributed by atoms with Crippen molar-refractivity contribution >= 4 is 16.9 Å². The Hall–Kier alpha value is -3.48. The van der Waals surface area contributed by atoms with Crippen LogP contribution in [0.4, 0.5) is 0 Å². The largest absolute Gasteiger partial charge is 0.497 e. The van der Waals surface area contributed by atoms with Crippen LogP contribution < -0.4 is 25.2 Å². The predicted molar refractivity (Wildman–Crippen MR) is 135 cm³/mol. The number of benzene rings is 2. The molecule has 0 spiro atoms. The summed E-state index contributed by atoms with van der Waals surface area (Å²) in [5, 5.41) is 3.70. The first kappa shape index (κ1) is 24.6. The molecule has 0 unspecified atom stereocenters. The van der Waals surface area contributed by atoms with Gasteiger partial charge in [0.05, 0.1) is 19.6 Å². The van der Waals surface area contributed by atoms with E-state index in [4.69, 9.17) is 18.6 Å². The molecule has 0 saturated carbocycles. The molecule has 2 heterocycles. The second-order valence-corrected chi connectivity index (χ2v) is 9.56. The Labute approximate surface area is 205 Å². The summed E-state index contributed by atoms with van der Waals surface area (Å²) in [5.74, 6) is 1.99. The average molecular weight is 480 g/mol. The first-order valence-electron chi connectivity index (χ1n) is 12.0. The fourth-order valence-corrected chi connectivity index (χ4v) is 4.60. The lowest BCUT2D eigenvalue weighted by atomic mass is 9.91. The lowest BCUT2D eigenvalue weighted by molar-refractivity contribution is -0.121. The van der Waals surface area contributed by atoms with Gasteiger partial charge in [-0.25, -0.2) is 4.79 Å². The van der Waals surface area contributed by atoms with Crippen molar-refractivity contribution in [2.45, 2.75) is 58.5 Å². The number of fused-ring (bicyclic) bond motifs is 3. The topological polar surface area (TPSA) is 87.0 Å². The first-order chi connectivity index (χ1) is 16.7. The molecule has 7 nitrogen and oxygen atoms in total. The van der Waals surface area contributed by atoms with Crippen LogP contribution in [0.1, 0.15) is 48.9 Å². The maximum atomic E-state index is 12.9. The monoisotopic (exact) mass is 479 g/mol. The van der Waals surface area contributed by atoms with Crippen LogP contribution in [-0.4, -0.2) is 32.3 Å². The zero-order chi connectivity index (χ0) is 25.2. The Balaban J connectivity index is 1.48. The quantitative estimate of drug-likeness (QED) is 0.478. The molecule has 1 N–H and O–H groups in total. The minimum atomic E-state index is -0.415. The molecular weight excluding hydrogens is 446 g/mol. The third-order valence-corrected chi connectivity index (χ3v) is 6.66. The van der Waals surface area contributed by atoms with Crippen molar-refractivity contribution in [1.29, 1.82) is 0 Å². The molecule has 1 amide bonds. The summed E-state index contributed by atoms with van der Waals surface area (Å²) in [6, 6.07) is 9.63. The molecule has 1 aliphatic rings. The van der Waals surface area contributed by atoms with Crippen LogP contribution in [0.3, 0.4) is 0 Å². The number of hydrogen-bond acceptors (Lipinski definition) is 6. The molecule has 186 valence electrons. The molecule has 0 aliphatic carbocycles. The fourth-order valence-electron chi connectivity index (χ4n) is 4.60. The zero-order valence-corrected chi connectivity index (χ0v) is 21.1. The van der Waals surface area contributed by atoms with E-state index in [2.05, 4.69) is 5.32 Å². The minimum absolute atomic E-state index is 0.106. The molecule has 0 radical (unpaired) electrons. The van der Waals surface area contributed by atoms with E-state index >= 15 is 0 Å². The van der Waals surface area contributed by atoms with Crippen LogP contribution in [0.2, 0.25) is 0 Å². The fraction of sp³-hybridized carbons (Fsp3) is 0.429. The maximum absolute atomic E-state index is 12.9. The van der Waals surface area contributed by atoms with Gasteiger partial charge in [0.2, 0.25) is 5.91 Å². The third kappa shape index (κ3) is 5.29. The van der Waals surface area contributed by atoms with E-state index in [1.807, 2.05) is 51.1 Å². The number of carbonyl (C=O) groups is 1. The molecule has 35 heavy (non-hydrogen) atoms. The average Bonchev–Trinajstić information content (AvgIpc) is 2.82. The van der Waals surface area contributed by atoms with Crippen molar-refractivity contribution < 1.29 is 23.4 Å². The van der Waals surface area contributed by atoms with E-state index in [9.17, 15) is 9.59 Å². The SMILES string of the molecule is COc1ccc(CCNC(=O)CCc2c(C)c3c(OC)cc4c(c3oc2=O)CCC(C)(C)O4)cc1. The van der Waals surface area contributed by atoms with Gasteiger partial charge in [-0.15, -0.1) is 0 Å². The van der Waals surface area contributed by atoms with Gasteiger partial charge in [0.25, 0.3) is 0 Å². The van der Waals surface area contributed by atoms with Gasteiger partial charge in [-0.3, -0.25) is 4.79 Å². The Bertz CT molecular complexity index is 1290. The highest BCUT2D eigenvalue weighted by molar-refractivity contribution is 5.92. The van der Waals surface area contributed by atoms with Crippen molar-refractivity contribution in [2.75, 3.05) is 20.8 Å². The molecular formula is C28H33NO6. The van der Waals surface area contributed by atoms with E-state index in [0.717, 1.165) is 40.7 Å². The molecule has 1 aliphatic heterocycles. The highest BCUT2D eigenvalue weighted by atomic mass is 16.5. The maximum Gasteiger partial charge on any atom is 0.339 e. The lowest BCUT2D eigenvalue weighted by Gasteiger charge is -2.33. The smallest absolute Gasteiger partial charge is 0.339 e. The summed E-state index contributed by atoms with van der Waals surface area (Å²) < 4.78 is 22.8.